The van der Waals surface area contributed by atoms with Gasteiger partial charge in [0.15, 0.2) is 0 Å². The van der Waals surface area contributed by atoms with Gasteiger partial charge in [-0.3, -0.25) is 0 Å². The highest BCUT2D eigenvalue weighted by Gasteiger charge is 2.16. The van der Waals surface area contributed by atoms with E-state index >= 15 is 0 Å². The Labute approximate surface area is 128 Å². The van der Waals surface area contributed by atoms with Gasteiger partial charge < -0.3 is 5.32 Å². The normalized spacial score (nSPS) is 12.6. The minimum atomic E-state index is -0.486. The number of fused-ring (bicyclic) bond motifs is 1. The zero-order valence-corrected chi connectivity index (χ0v) is 12.5. The fraction of sp³-hybridized carbons (Fsp3) is 0.143. The summed E-state index contributed by atoms with van der Waals surface area (Å²) in [6.07, 6.45) is 0. The zero-order valence-electron chi connectivity index (χ0n) is 10.9. The SMILES string of the molecule is CC(Nc1c(Cl)ccc2nsnc12)c1cc(F)ccc1F. The zero-order chi connectivity index (χ0) is 15.0. The Morgan fingerprint density at radius 2 is 2.00 bits per heavy atom. The predicted molar refractivity (Wildman–Crippen MR) is 80.8 cm³/mol. The van der Waals surface area contributed by atoms with Crippen molar-refractivity contribution in [3.8, 4) is 0 Å². The van der Waals surface area contributed by atoms with E-state index in [9.17, 15) is 8.78 Å². The number of aromatic nitrogens is 2. The summed E-state index contributed by atoms with van der Waals surface area (Å²) in [6, 6.07) is 6.35. The van der Waals surface area contributed by atoms with Crippen molar-refractivity contribution in [1.29, 1.82) is 0 Å². The summed E-state index contributed by atoms with van der Waals surface area (Å²) in [5.41, 5.74) is 2.13. The van der Waals surface area contributed by atoms with Gasteiger partial charge in [-0.2, -0.15) is 8.75 Å². The van der Waals surface area contributed by atoms with Crippen molar-refractivity contribution in [3.63, 3.8) is 0 Å². The summed E-state index contributed by atoms with van der Waals surface area (Å²) >= 11 is 7.24. The first-order valence-electron chi connectivity index (χ1n) is 6.18. The Bertz CT molecular complexity index is 806. The second kappa shape index (κ2) is 5.54. The van der Waals surface area contributed by atoms with Crippen LogP contribution in [0.15, 0.2) is 30.3 Å². The first-order valence-corrected chi connectivity index (χ1v) is 7.29. The topological polar surface area (TPSA) is 37.8 Å². The summed E-state index contributed by atoms with van der Waals surface area (Å²) in [4.78, 5) is 0. The second-order valence-electron chi connectivity index (χ2n) is 4.59. The number of rotatable bonds is 3. The maximum absolute atomic E-state index is 13.8. The standard InChI is InChI=1S/C14H10ClF2N3S/c1-7(9-6-8(16)2-4-11(9)17)18-13-10(15)3-5-12-14(13)20-21-19-12/h2-7,18H,1H3. The van der Waals surface area contributed by atoms with Crippen LogP contribution in [0.3, 0.4) is 0 Å². The Balaban J connectivity index is 2.00. The molecule has 0 aliphatic carbocycles. The summed E-state index contributed by atoms with van der Waals surface area (Å²) < 4.78 is 35.4. The molecule has 1 atom stereocenters. The third kappa shape index (κ3) is 2.69. The molecule has 0 spiro atoms. The first kappa shape index (κ1) is 14.2. The molecule has 1 N–H and O–H groups in total. The van der Waals surface area contributed by atoms with Crippen LogP contribution in [0.1, 0.15) is 18.5 Å². The summed E-state index contributed by atoms with van der Waals surface area (Å²) in [5.74, 6) is -0.962. The van der Waals surface area contributed by atoms with E-state index in [1.54, 1.807) is 19.1 Å². The molecule has 21 heavy (non-hydrogen) atoms. The van der Waals surface area contributed by atoms with E-state index < -0.39 is 17.7 Å². The number of hydrogen-bond donors (Lipinski definition) is 1. The molecule has 3 nitrogen and oxygen atoms in total. The lowest BCUT2D eigenvalue weighted by Gasteiger charge is -2.17. The molecule has 1 aromatic heterocycles. The van der Waals surface area contributed by atoms with E-state index in [1.807, 2.05) is 0 Å². The molecule has 0 saturated heterocycles. The lowest BCUT2D eigenvalue weighted by molar-refractivity contribution is 0.577. The molecular formula is C14H10ClF2N3S. The van der Waals surface area contributed by atoms with E-state index in [1.165, 1.54) is 6.07 Å². The van der Waals surface area contributed by atoms with Crippen molar-refractivity contribution in [2.75, 3.05) is 5.32 Å². The minimum Gasteiger partial charge on any atom is -0.375 e. The minimum absolute atomic E-state index is 0.228. The van der Waals surface area contributed by atoms with Crippen LogP contribution in [-0.4, -0.2) is 8.75 Å². The third-order valence-electron chi connectivity index (χ3n) is 3.16. The molecule has 0 radical (unpaired) electrons. The molecule has 1 heterocycles. The van der Waals surface area contributed by atoms with Crippen LogP contribution in [-0.2, 0) is 0 Å². The number of nitrogens with zero attached hydrogens (tertiary/aromatic N) is 2. The van der Waals surface area contributed by atoms with Crippen LogP contribution >= 0.6 is 23.3 Å². The van der Waals surface area contributed by atoms with Crippen LogP contribution in [0.5, 0.6) is 0 Å². The van der Waals surface area contributed by atoms with E-state index in [4.69, 9.17) is 11.6 Å². The van der Waals surface area contributed by atoms with E-state index in [2.05, 4.69) is 14.1 Å². The molecule has 3 aromatic rings. The van der Waals surface area contributed by atoms with Crippen LogP contribution < -0.4 is 5.32 Å². The van der Waals surface area contributed by atoms with E-state index in [-0.39, 0.29) is 5.56 Å². The van der Waals surface area contributed by atoms with Crippen LogP contribution in [0.2, 0.25) is 5.02 Å². The molecule has 1 unspecified atom stereocenters. The lowest BCUT2D eigenvalue weighted by atomic mass is 10.1. The summed E-state index contributed by atoms with van der Waals surface area (Å²) in [5, 5.41) is 3.55. The Hall–Kier alpha value is -1.79. The molecular weight excluding hydrogens is 316 g/mol. The molecule has 2 aromatic carbocycles. The van der Waals surface area contributed by atoms with Gasteiger partial charge in [0.25, 0.3) is 0 Å². The van der Waals surface area contributed by atoms with Gasteiger partial charge in [0, 0.05) is 5.56 Å². The molecule has 0 aliphatic heterocycles. The fourth-order valence-corrected chi connectivity index (χ4v) is 2.85. The van der Waals surface area contributed by atoms with Crippen LogP contribution in [0.25, 0.3) is 11.0 Å². The number of halogens is 3. The Morgan fingerprint density at radius 3 is 2.81 bits per heavy atom. The van der Waals surface area contributed by atoms with Gasteiger partial charge in [0.1, 0.15) is 22.7 Å². The first-order chi connectivity index (χ1) is 10.1. The monoisotopic (exact) mass is 325 g/mol. The predicted octanol–water partition coefficient (Wildman–Crippen LogP) is 4.80. The van der Waals surface area contributed by atoms with Crippen molar-refractivity contribution in [1.82, 2.24) is 8.75 Å². The third-order valence-corrected chi connectivity index (χ3v) is 4.02. The van der Waals surface area contributed by atoms with Gasteiger partial charge in [-0.15, -0.1) is 0 Å². The van der Waals surface area contributed by atoms with Crippen molar-refractivity contribution in [2.45, 2.75) is 13.0 Å². The maximum Gasteiger partial charge on any atom is 0.129 e. The number of benzene rings is 2. The van der Waals surface area contributed by atoms with Crippen LogP contribution in [0, 0.1) is 11.6 Å². The van der Waals surface area contributed by atoms with Gasteiger partial charge in [0.2, 0.25) is 0 Å². The van der Waals surface area contributed by atoms with E-state index in [0.717, 1.165) is 23.9 Å². The van der Waals surface area contributed by atoms with Gasteiger partial charge in [-0.1, -0.05) is 11.6 Å². The van der Waals surface area contributed by atoms with Gasteiger partial charge >= 0.3 is 0 Å². The summed E-state index contributed by atoms with van der Waals surface area (Å²) in [7, 11) is 0. The average Bonchev–Trinajstić information content (AvgIpc) is 2.93. The molecule has 0 fully saturated rings. The van der Waals surface area contributed by atoms with Crippen LogP contribution in [0.4, 0.5) is 14.5 Å². The van der Waals surface area contributed by atoms with Crippen molar-refractivity contribution in [3.05, 3.63) is 52.6 Å². The van der Waals surface area contributed by atoms with E-state index in [0.29, 0.717) is 21.7 Å². The highest BCUT2D eigenvalue weighted by atomic mass is 35.5. The van der Waals surface area contributed by atoms with Gasteiger partial charge in [-0.25, -0.2) is 8.78 Å². The molecule has 0 bridgehead atoms. The molecule has 7 heteroatoms. The molecule has 0 amide bonds. The quantitative estimate of drug-likeness (QED) is 0.752. The summed E-state index contributed by atoms with van der Waals surface area (Å²) in [6.45, 7) is 1.73. The molecule has 0 saturated carbocycles. The molecule has 108 valence electrons. The van der Waals surface area contributed by atoms with Crippen molar-refractivity contribution < 1.29 is 8.78 Å². The molecule has 3 rings (SSSR count). The largest absolute Gasteiger partial charge is 0.375 e. The van der Waals surface area contributed by atoms with Gasteiger partial charge in [-0.05, 0) is 37.3 Å². The smallest absolute Gasteiger partial charge is 0.129 e. The number of hydrogen-bond acceptors (Lipinski definition) is 4. The van der Waals surface area contributed by atoms with Crippen molar-refractivity contribution >= 4 is 40.0 Å². The number of anilines is 1. The number of nitrogens with one attached hydrogen (secondary N) is 1. The average molecular weight is 326 g/mol. The highest BCUT2D eigenvalue weighted by Crippen LogP contribution is 2.33. The van der Waals surface area contributed by atoms with Gasteiger partial charge in [0.05, 0.1) is 28.5 Å². The van der Waals surface area contributed by atoms with Crippen molar-refractivity contribution in [2.24, 2.45) is 0 Å². The molecule has 0 aliphatic rings. The lowest BCUT2D eigenvalue weighted by Crippen LogP contribution is -2.10. The highest BCUT2D eigenvalue weighted by molar-refractivity contribution is 7.00. The second-order valence-corrected chi connectivity index (χ2v) is 5.52. The Kier molecular flexibility index (Phi) is 3.73. The fourth-order valence-electron chi connectivity index (χ4n) is 2.10. The Morgan fingerprint density at radius 1 is 1.19 bits per heavy atom. The maximum atomic E-state index is 13.8.